The van der Waals surface area contributed by atoms with Crippen LogP contribution in [0.15, 0.2) is 12.1 Å². The predicted octanol–water partition coefficient (Wildman–Crippen LogP) is 2.70. The summed E-state index contributed by atoms with van der Waals surface area (Å²) in [6.07, 6.45) is 4.11. The number of carboxylic acid groups (broad SMARTS) is 1. The first kappa shape index (κ1) is 15.2. The summed E-state index contributed by atoms with van der Waals surface area (Å²) in [5.41, 5.74) is -0.327. The largest absolute Gasteiger partial charge is 0.477 e. The lowest BCUT2D eigenvalue weighted by Gasteiger charge is -2.34. The topological polar surface area (TPSA) is 96.6 Å². The summed E-state index contributed by atoms with van der Waals surface area (Å²) < 4.78 is 0. The number of nitrogens with zero attached hydrogens (tertiary/aromatic N) is 3. The lowest BCUT2D eigenvalue weighted by Crippen LogP contribution is -2.36. The zero-order valence-corrected chi connectivity index (χ0v) is 12.2. The van der Waals surface area contributed by atoms with E-state index in [1.54, 1.807) is 11.9 Å². The van der Waals surface area contributed by atoms with E-state index in [0.29, 0.717) is 5.92 Å². The minimum Gasteiger partial charge on any atom is -0.477 e. The minimum absolute atomic E-state index is 0.138. The zero-order chi connectivity index (χ0) is 15.6. The molecule has 1 heterocycles. The number of aromatic carboxylic acids is 1. The van der Waals surface area contributed by atoms with Crippen LogP contribution in [0.1, 0.15) is 43.1 Å². The van der Waals surface area contributed by atoms with Gasteiger partial charge >= 0.3 is 11.7 Å². The van der Waals surface area contributed by atoms with Crippen LogP contribution >= 0.6 is 0 Å². The molecule has 1 saturated carbocycles. The molecule has 2 rings (SSSR count). The van der Waals surface area contributed by atoms with Crippen LogP contribution in [0.5, 0.6) is 0 Å². The average Bonchev–Trinajstić information content (AvgIpc) is 2.45. The Kier molecular flexibility index (Phi) is 4.40. The van der Waals surface area contributed by atoms with Crippen LogP contribution < -0.4 is 4.90 Å². The average molecular weight is 293 g/mol. The Bertz CT molecular complexity index is 561. The highest BCUT2D eigenvalue weighted by Gasteiger charge is 2.28. The van der Waals surface area contributed by atoms with E-state index >= 15 is 0 Å². The molecule has 1 aromatic heterocycles. The Balaban J connectivity index is 2.37. The molecule has 114 valence electrons. The SMILES string of the molecule is CC1CCCC(N(C)c2nc(C(=O)O)ccc2[N+](=O)[O-])C1. The van der Waals surface area contributed by atoms with Crippen molar-refractivity contribution in [3.63, 3.8) is 0 Å². The second-order valence-corrected chi connectivity index (χ2v) is 5.64. The highest BCUT2D eigenvalue weighted by Crippen LogP contribution is 2.33. The lowest BCUT2D eigenvalue weighted by atomic mass is 9.86. The van der Waals surface area contributed by atoms with Crippen molar-refractivity contribution in [2.45, 2.75) is 38.6 Å². The van der Waals surface area contributed by atoms with Gasteiger partial charge < -0.3 is 10.0 Å². The molecule has 0 aliphatic heterocycles. The number of pyridine rings is 1. The smallest absolute Gasteiger partial charge is 0.354 e. The van der Waals surface area contributed by atoms with E-state index in [1.807, 2.05) is 0 Å². The molecule has 1 N–H and O–H groups in total. The Morgan fingerprint density at radius 1 is 1.48 bits per heavy atom. The van der Waals surface area contributed by atoms with Gasteiger partial charge in [-0.15, -0.1) is 0 Å². The number of carbonyl (C=O) groups is 1. The number of hydrogen-bond acceptors (Lipinski definition) is 5. The van der Waals surface area contributed by atoms with Crippen LogP contribution in [-0.4, -0.2) is 34.1 Å². The van der Waals surface area contributed by atoms with Crippen molar-refractivity contribution < 1.29 is 14.8 Å². The molecule has 2 unspecified atom stereocenters. The fraction of sp³-hybridized carbons (Fsp3) is 0.571. The molecule has 7 heteroatoms. The standard InChI is InChI=1S/C14H19N3O4/c1-9-4-3-5-10(8-9)16(2)13-12(17(20)21)7-6-11(15-13)14(18)19/h6-7,9-10H,3-5,8H2,1-2H3,(H,18,19). The number of hydrogen-bond donors (Lipinski definition) is 1. The van der Waals surface area contributed by atoms with Crippen molar-refractivity contribution in [3.05, 3.63) is 27.9 Å². The summed E-state index contributed by atoms with van der Waals surface area (Å²) in [5, 5.41) is 20.2. The number of aromatic nitrogens is 1. The van der Waals surface area contributed by atoms with Gasteiger partial charge in [-0.25, -0.2) is 9.78 Å². The molecule has 0 saturated heterocycles. The van der Waals surface area contributed by atoms with Crippen LogP contribution in [0, 0.1) is 16.0 Å². The minimum atomic E-state index is -1.18. The van der Waals surface area contributed by atoms with Gasteiger partial charge in [0, 0.05) is 19.2 Å². The molecule has 0 radical (unpaired) electrons. The van der Waals surface area contributed by atoms with Gasteiger partial charge in [0.1, 0.15) is 0 Å². The van der Waals surface area contributed by atoms with Gasteiger partial charge in [-0.3, -0.25) is 10.1 Å². The molecular formula is C14H19N3O4. The first-order valence-electron chi connectivity index (χ1n) is 7.01. The summed E-state index contributed by atoms with van der Waals surface area (Å²) in [5.74, 6) is -0.483. The van der Waals surface area contributed by atoms with Crippen molar-refractivity contribution in [1.29, 1.82) is 0 Å². The second-order valence-electron chi connectivity index (χ2n) is 5.64. The van der Waals surface area contributed by atoms with Gasteiger partial charge in [-0.1, -0.05) is 19.8 Å². The number of nitro groups is 1. The molecule has 7 nitrogen and oxygen atoms in total. The second kappa shape index (κ2) is 6.07. The maximum absolute atomic E-state index is 11.1. The fourth-order valence-electron chi connectivity index (χ4n) is 2.89. The quantitative estimate of drug-likeness (QED) is 0.677. The van der Waals surface area contributed by atoms with E-state index in [2.05, 4.69) is 11.9 Å². The van der Waals surface area contributed by atoms with Gasteiger partial charge in [-0.05, 0) is 24.8 Å². The van der Waals surface area contributed by atoms with E-state index in [9.17, 15) is 14.9 Å². The van der Waals surface area contributed by atoms with Crippen LogP contribution in [-0.2, 0) is 0 Å². The Hall–Kier alpha value is -2.18. The molecule has 0 bridgehead atoms. The molecule has 1 aliphatic rings. The molecule has 1 fully saturated rings. The third-order valence-corrected chi connectivity index (χ3v) is 4.06. The fourth-order valence-corrected chi connectivity index (χ4v) is 2.89. The van der Waals surface area contributed by atoms with Crippen LogP contribution in [0.4, 0.5) is 11.5 Å². The normalized spacial score (nSPS) is 21.8. The summed E-state index contributed by atoms with van der Waals surface area (Å²) in [6, 6.07) is 2.54. The Morgan fingerprint density at radius 3 is 2.76 bits per heavy atom. The van der Waals surface area contributed by atoms with Crippen molar-refractivity contribution in [3.8, 4) is 0 Å². The van der Waals surface area contributed by atoms with E-state index in [-0.39, 0.29) is 23.2 Å². The third kappa shape index (κ3) is 3.29. The molecule has 21 heavy (non-hydrogen) atoms. The number of rotatable bonds is 4. The summed E-state index contributed by atoms with van der Waals surface area (Å²) >= 11 is 0. The lowest BCUT2D eigenvalue weighted by molar-refractivity contribution is -0.384. The monoisotopic (exact) mass is 293 g/mol. The van der Waals surface area contributed by atoms with E-state index in [4.69, 9.17) is 5.11 Å². The maximum Gasteiger partial charge on any atom is 0.354 e. The van der Waals surface area contributed by atoms with Crippen LogP contribution in [0.3, 0.4) is 0 Å². The first-order chi connectivity index (χ1) is 9.90. The van der Waals surface area contributed by atoms with E-state index < -0.39 is 10.9 Å². The van der Waals surface area contributed by atoms with Gasteiger partial charge in [0.15, 0.2) is 5.69 Å². The first-order valence-corrected chi connectivity index (χ1v) is 7.01. The highest BCUT2D eigenvalue weighted by molar-refractivity contribution is 5.86. The van der Waals surface area contributed by atoms with Crippen molar-refractivity contribution in [1.82, 2.24) is 4.98 Å². The molecule has 0 aromatic carbocycles. The summed E-state index contributed by atoms with van der Waals surface area (Å²) in [6.45, 7) is 2.16. The van der Waals surface area contributed by atoms with Crippen LogP contribution in [0.25, 0.3) is 0 Å². The number of anilines is 1. The van der Waals surface area contributed by atoms with E-state index in [0.717, 1.165) is 25.7 Å². The Morgan fingerprint density at radius 2 is 2.19 bits per heavy atom. The van der Waals surface area contributed by atoms with Gasteiger partial charge in [0.2, 0.25) is 5.82 Å². The molecule has 1 aliphatic carbocycles. The van der Waals surface area contributed by atoms with Crippen LogP contribution in [0.2, 0.25) is 0 Å². The Labute approximate surface area is 122 Å². The molecule has 2 atom stereocenters. The number of carboxylic acids is 1. The van der Waals surface area contributed by atoms with Gasteiger partial charge in [0.25, 0.3) is 0 Å². The van der Waals surface area contributed by atoms with Crippen molar-refractivity contribution in [2.24, 2.45) is 5.92 Å². The third-order valence-electron chi connectivity index (χ3n) is 4.06. The van der Waals surface area contributed by atoms with Crippen molar-refractivity contribution in [2.75, 3.05) is 11.9 Å². The molecule has 0 spiro atoms. The maximum atomic E-state index is 11.1. The van der Waals surface area contributed by atoms with E-state index in [1.165, 1.54) is 12.1 Å². The highest BCUT2D eigenvalue weighted by atomic mass is 16.6. The zero-order valence-electron chi connectivity index (χ0n) is 12.2. The summed E-state index contributed by atoms with van der Waals surface area (Å²) in [7, 11) is 1.75. The molecule has 0 amide bonds. The molecular weight excluding hydrogens is 274 g/mol. The predicted molar refractivity (Wildman–Crippen MR) is 77.7 cm³/mol. The van der Waals surface area contributed by atoms with Gasteiger partial charge in [-0.2, -0.15) is 0 Å². The summed E-state index contributed by atoms with van der Waals surface area (Å²) in [4.78, 5) is 27.4. The van der Waals surface area contributed by atoms with Crippen molar-refractivity contribution >= 4 is 17.5 Å². The molecule has 1 aromatic rings. The van der Waals surface area contributed by atoms with Gasteiger partial charge in [0.05, 0.1) is 4.92 Å².